The topological polar surface area (TPSA) is 88.2 Å². The summed E-state index contributed by atoms with van der Waals surface area (Å²) in [5, 5.41) is 13.4. The van der Waals surface area contributed by atoms with Crippen molar-refractivity contribution in [2.24, 2.45) is 0 Å². The van der Waals surface area contributed by atoms with Crippen molar-refractivity contribution in [2.75, 3.05) is 11.1 Å². The number of nitrogen functional groups attached to an aromatic ring is 1. The van der Waals surface area contributed by atoms with Crippen LogP contribution in [0.25, 0.3) is 0 Å². The Morgan fingerprint density at radius 3 is 2.70 bits per heavy atom. The molecule has 6 heteroatoms. The van der Waals surface area contributed by atoms with E-state index in [2.05, 4.69) is 10.3 Å². The lowest BCUT2D eigenvalue weighted by Crippen LogP contribution is -2.09. The summed E-state index contributed by atoms with van der Waals surface area (Å²) in [7, 11) is 0. The lowest BCUT2D eigenvalue weighted by Gasteiger charge is -2.15. The van der Waals surface area contributed by atoms with Crippen molar-refractivity contribution < 1.29 is 9.90 Å². The van der Waals surface area contributed by atoms with Crippen LogP contribution < -0.4 is 11.1 Å². The van der Waals surface area contributed by atoms with E-state index in [0.717, 1.165) is 21.1 Å². The van der Waals surface area contributed by atoms with Gasteiger partial charge in [-0.3, -0.25) is 0 Å². The zero-order chi connectivity index (χ0) is 14.9. The summed E-state index contributed by atoms with van der Waals surface area (Å²) in [5.41, 5.74) is 7.68. The summed E-state index contributed by atoms with van der Waals surface area (Å²) in [5.74, 6) is -1.02. The molecule has 1 aromatic heterocycles. The maximum absolute atomic E-state index is 11.2. The first-order chi connectivity index (χ1) is 9.38. The van der Waals surface area contributed by atoms with E-state index < -0.39 is 5.97 Å². The number of rotatable bonds is 4. The Kier molecular flexibility index (Phi) is 3.94. The van der Waals surface area contributed by atoms with E-state index in [-0.39, 0.29) is 11.6 Å². The zero-order valence-corrected chi connectivity index (χ0v) is 12.4. The third-order valence-electron chi connectivity index (χ3n) is 3.01. The largest absolute Gasteiger partial charge is 0.478 e. The van der Waals surface area contributed by atoms with Gasteiger partial charge in [0.05, 0.1) is 11.6 Å². The van der Waals surface area contributed by atoms with Crippen LogP contribution >= 0.6 is 11.3 Å². The Labute approximate surface area is 121 Å². The second-order valence-corrected chi connectivity index (χ2v) is 6.00. The molecule has 1 heterocycles. The van der Waals surface area contributed by atoms with E-state index in [9.17, 15) is 4.79 Å². The molecule has 1 atom stereocenters. The van der Waals surface area contributed by atoms with Crippen LogP contribution in [0.2, 0.25) is 0 Å². The Bertz CT molecular complexity index is 652. The van der Waals surface area contributed by atoms with E-state index in [1.807, 2.05) is 26.1 Å². The van der Waals surface area contributed by atoms with E-state index in [4.69, 9.17) is 10.8 Å². The third kappa shape index (κ3) is 2.91. The predicted molar refractivity (Wildman–Crippen MR) is 81.4 cm³/mol. The minimum absolute atomic E-state index is 0.0124. The number of carboxylic acid groups (broad SMARTS) is 1. The van der Waals surface area contributed by atoms with Gasteiger partial charge in [0, 0.05) is 22.4 Å². The standard InChI is InChI=1S/C14H17N3O2S/c1-7-4-10(5-11(12(7)15)14(18)19)17-9(3)13-16-6-8(2)20-13/h4-6,9,17H,15H2,1-3H3,(H,18,19). The van der Waals surface area contributed by atoms with Crippen molar-refractivity contribution in [3.63, 3.8) is 0 Å². The van der Waals surface area contributed by atoms with Crippen LogP contribution in [0, 0.1) is 13.8 Å². The molecule has 106 valence electrons. The lowest BCUT2D eigenvalue weighted by atomic mass is 10.1. The highest BCUT2D eigenvalue weighted by molar-refractivity contribution is 7.11. The van der Waals surface area contributed by atoms with E-state index in [0.29, 0.717) is 5.69 Å². The van der Waals surface area contributed by atoms with Gasteiger partial charge >= 0.3 is 5.97 Å². The molecule has 0 amide bonds. The van der Waals surface area contributed by atoms with Crippen LogP contribution in [0.3, 0.4) is 0 Å². The SMILES string of the molecule is Cc1cnc(C(C)Nc2cc(C)c(N)c(C(=O)O)c2)s1. The molecule has 2 rings (SSSR count). The van der Waals surface area contributed by atoms with Crippen molar-refractivity contribution in [1.82, 2.24) is 4.98 Å². The Morgan fingerprint density at radius 1 is 1.45 bits per heavy atom. The number of anilines is 2. The smallest absolute Gasteiger partial charge is 0.337 e. The molecule has 0 radical (unpaired) electrons. The predicted octanol–water partition coefficient (Wildman–Crippen LogP) is 3.21. The van der Waals surface area contributed by atoms with E-state index >= 15 is 0 Å². The number of nitrogens with zero attached hydrogens (tertiary/aromatic N) is 1. The van der Waals surface area contributed by atoms with Crippen molar-refractivity contribution in [2.45, 2.75) is 26.8 Å². The summed E-state index contributed by atoms with van der Waals surface area (Å²) < 4.78 is 0. The molecule has 5 nitrogen and oxygen atoms in total. The second kappa shape index (κ2) is 5.50. The van der Waals surface area contributed by atoms with Gasteiger partial charge in [-0.25, -0.2) is 9.78 Å². The van der Waals surface area contributed by atoms with Gasteiger partial charge in [-0.15, -0.1) is 11.3 Å². The van der Waals surface area contributed by atoms with Crippen LogP contribution in [0.15, 0.2) is 18.3 Å². The fourth-order valence-electron chi connectivity index (χ4n) is 1.94. The number of hydrogen-bond acceptors (Lipinski definition) is 5. The molecule has 1 aromatic carbocycles. The van der Waals surface area contributed by atoms with Gasteiger partial charge < -0.3 is 16.2 Å². The van der Waals surface area contributed by atoms with Gasteiger partial charge in [-0.1, -0.05) is 0 Å². The molecule has 1 unspecified atom stereocenters. The zero-order valence-electron chi connectivity index (χ0n) is 11.6. The van der Waals surface area contributed by atoms with Crippen LogP contribution in [-0.2, 0) is 0 Å². The van der Waals surface area contributed by atoms with Gasteiger partial charge in [0.2, 0.25) is 0 Å². The van der Waals surface area contributed by atoms with E-state index in [1.165, 1.54) is 0 Å². The highest BCUT2D eigenvalue weighted by Gasteiger charge is 2.14. The number of thiazole rings is 1. The number of carboxylic acids is 1. The average Bonchev–Trinajstić information content (AvgIpc) is 2.80. The van der Waals surface area contributed by atoms with Crippen LogP contribution in [0.5, 0.6) is 0 Å². The van der Waals surface area contributed by atoms with Crippen molar-refractivity contribution in [3.8, 4) is 0 Å². The number of hydrogen-bond donors (Lipinski definition) is 3. The maximum Gasteiger partial charge on any atom is 0.337 e. The number of nitrogens with one attached hydrogen (secondary N) is 1. The van der Waals surface area contributed by atoms with Gasteiger partial charge in [-0.2, -0.15) is 0 Å². The third-order valence-corrected chi connectivity index (χ3v) is 4.11. The molecule has 4 N–H and O–H groups in total. The highest BCUT2D eigenvalue weighted by Crippen LogP contribution is 2.27. The number of benzene rings is 1. The van der Waals surface area contributed by atoms with Crippen LogP contribution in [0.4, 0.5) is 11.4 Å². The lowest BCUT2D eigenvalue weighted by molar-refractivity contribution is 0.0698. The van der Waals surface area contributed by atoms with Crippen molar-refractivity contribution >= 4 is 28.7 Å². The Balaban J connectivity index is 2.27. The number of aryl methyl sites for hydroxylation is 2. The van der Waals surface area contributed by atoms with Gasteiger partial charge in [0.15, 0.2) is 0 Å². The highest BCUT2D eigenvalue weighted by atomic mass is 32.1. The molecular formula is C14H17N3O2S. The van der Waals surface area contributed by atoms with Crippen LogP contribution in [-0.4, -0.2) is 16.1 Å². The molecule has 0 saturated carbocycles. The summed E-state index contributed by atoms with van der Waals surface area (Å²) >= 11 is 1.62. The number of aromatic carboxylic acids is 1. The first-order valence-electron chi connectivity index (χ1n) is 6.20. The normalized spacial score (nSPS) is 12.2. The molecule has 20 heavy (non-hydrogen) atoms. The molecule has 0 spiro atoms. The Morgan fingerprint density at radius 2 is 2.15 bits per heavy atom. The fourth-order valence-corrected chi connectivity index (χ4v) is 2.72. The Hall–Kier alpha value is -2.08. The molecular weight excluding hydrogens is 274 g/mol. The first-order valence-corrected chi connectivity index (χ1v) is 7.02. The second-order valence-electron chi connectivity index (χ2n) is 4.73. The first kappa shape index (κ1) is 14.3. The van der Waals surface area contributed by atoms with E-state index in [1.54, 1.807) is 24.3 Å². The fraction of sp³-hybridized carbons (Fsp3) is 0.286. The van der Waals surface area contributed by atoms with Gasteiger partial charge in [0.1, 0.15) is 5.01 Å². The quantitative estimate of drug-likeness (QED) is 0.753. The number of carbonyl (C=O) groups is 1. The molecule has 2 aromatic rings. The van der Waals surface area contributed by atoms with Gasteiger partial charge in [0.25, 0.3) is 0 Å². The van der Waals surface area contributed by atoms with Crippen molar-refractivity contribution in [3.05, 3.63) is 39.3 Å². The summed E-state index contributed by atoms with van der Waals surface area (Å²) in [6.07, 6.45) is 1.83. The monoisotopic (exact) mass is 291 g/mol. The molecule has 0 fully saturated rings. The summed E-state index contributed by atoms with van der Waals surface area (Å²) in [6.45, 7) is 5.79. The summed E-state index contributed by atoms with van der Waals surface area (Å²) in [6, 6.07) is 3.42. The van der Waals surface area contributed by atoms with Gasteiger partial charge in [-0.05, 0) is 38.5 Å². The molecule has 0 aliphatic heterocycles. The number of aromatic nitrogens is 1. The molecule has 0 aliphatic carbocycles. The summed E-state index contributed by atoms with van der Waals surface area (Å²) in [4.78, 5) is 16.6. The number of nitrogens with two attached hydrogens (primary N) is 1. The maximum atomic E-state index is 11.2. The molecule has 0 aliphatic rings. The minimum Gasteiger partial charge on any atom is -0.478 e. The van der Waals surface area contributed by atoms with Crippen molar-refractivity contribution in [1.29, 1.82) is 0 Å². The van der Waals surface area contributed by atoms with Crippen LogP contribution in [0.1, 0.15) is 38.8 Å². The molecule has 0 saturated heterocycles. The average molecular weight is 291 g/mol. The molecule has 0 bridgehead atoms. The minimum atomic E-state index is -1.02.